The van der Waals surface area contributed by atoms with E-state index in [1.165, 1.54) is 0 Å². The minimum Gasteiger partial charge on any atom is -0.477 e. The van der Waals surface area contributed by atoms with Crippen molar-refractivity contribution >= 4 is 17.5 Å². The average Bonchev–Trinajstić information content (AvgIpc) is 3.38. The van der Waals surface area contributed by atoms with Crippen molar-refractivity contribution in [3.63, 3.8) is 0 Å². The first-order chi connectivity index (χ1) is 13.2. The van der Waals surface area contributed by atoms with E-state index in [9.17, 15) is 4.79 Å². The van der Waals surface area contributed by atoms with Crippen LogP contribution in [0, 0.1) is 29.6 Å². The molecule has 1 aromatic rings. The number of amides is 1. The zero-order valence-electron chi connectivity index (χ0n) is 18.1. The van der Waals surface area contributed by atoms with Gasteiger partial charge in [-0.15, -0.1) is 0 Å². The van der Waals surface area contributed by atoms with Crippen molar-refractivity contribution in [2.24, 2.45) is 29.6 Å². The molecule has 1 aromatic carbocycles. The first-order valence-electron chi connectivity index (χ1n) is 11.0. The Labute approximate surface area is 175 Å². The summed E-state index contributed by atoms with van der Waals surface area (Å²) in [6.07, 6.45) is 4.16. The van der Waals surface area contributed by atoms with Crippen LogP contribution in [0.5, 0.6) is 5.75 Å². The van der Waals surface area contributed by atoms with Crippen molar-refractivity contribution in [1.82, 2.24) is 4.90 Å². The molecule has 1 amide bonds. The Morgan fingerprint density at radius 2 is 1.75 bits per heavy atom. The fourth-order valence-corrected chi connectivity index (χ4v) is 5.12. The largest absolute Gasteiger partial charge is 0.477 e. The lowest BCUT2D eigenvalue weighted by Crippen LogP contribution is -2.49. The topological polar surface area (TPSA) is 29.5 Å². The first-order valence-corrected chi connectivity index (χ1v) is 11.3. The second-order valence-corrected chi connectivity index (χ2v) is 10.2. The van der Waals surface area contributed by atoms with Gasteiger partial charge in [0.1, 0.15) is 5.75 Å². The second kappa shape index (κ2) is 8.65. The Balaban J connectivity index is 1.75. The van der Waals surface area contributed by atoms with Gasteiger partial charge in [0.05, 0.1) is 0 Å². The molecule has 28 heavy (non-hydrogen) atoms. The van der Waals surface area contributed by atoms with Crippen LogP contribution >= 0.6 is 11.6 Å². The minimum absolute atomic E-state index is 0.199. The fraction of sp³-hybridized carbons (Fsp3) is 0.708. The molecule has 1 aliphatic heterocycles. The van der Waals surface area contributed by atoms with Gasteiger partial charge in [-0.3, -0.25) is 4.79 Å². The first kappa shape index (κ1) is 21.5. The molecule has 156 valence electrons. The summed E-state index contributed by atoms with van der Waals surface area (Å²) in [7, 11) is 0. The Kier molecular flexibility index (Phi) is 6.64. The predicted octanol–water partition coefficient (Wildman–Crippen LogP) is 6.05. The van der Waals surface area contributed by atoms with Gasteiger partial charge in [-0.2, -0.15) is 0 Å². The van der Waals surface area contributed by atoms with Gasteiger partial charge in [-0.1, -0.05) is 46.2 Å². The third kappa shape index (κ3) is 4.67. The number of hydrogen-bond acceptors (Lipinski definition) is 2. The molecule has 3 nitrogen and oxygen atoms in total. The molecular weight excluding hydrogens is 370 g/mol. The number of piperidine rings is 1. The maximum absolute atomic E-state index is 13.6. The van der Waals surface area contributed by atoms with Crippen LogP contribution in [-0.4, -0.2) is 29.5 Å². The summed E-state index contributed by atoms with van der Waals surface area (Å²) in [5.41, 5.74) is -0.688. The molecule has 2 fully saturated rings. The highest BCUT2D eigenvalue weighted by molar-refractivity contribution is 6.30. The monoisotopic (exact) mass is 405 g/mol. The molecule has 1 saturated heterocycles. The number of hydrogen-bond donors (Lipinski definition) is 0. The van der Waals surface area contributed by atoms with E-state index in [1.54, 1.807) is 0 Å². The van der Waals surface area contributed by atoms with Crippen LogP contribution in [0.1, 0.15) is 60.3 Å². The van der Waals surface area contributed by atoms with E-state index in [-0.39, 0.29) is 5.91 Å². The van der Waals surface area contributed by atoms with Gasteiger partial charge in [0.15, 0.2) is 5.60 Å². The van der Waals surface area contributed by atoms with Gasteiger partial charge in [-0.25, -0.2) is 0 Å². The van der Waals surface area contributed by atoms with E-state index in [0.29, 0.717) is 28.7 Å². The maximum atomic E-state index is 13.6. The number of carbonyl (C=O) groups excluding carboxylic acids is 1. The Hall–Kier alpha value is -1.22. The average molecular weight is 406 g/mol. The molecule has 0 bridgehead atoms. The lowest BCUT2D eigenvalue weighted by atomic mass is 9.86. The highest BCUT2D eigenvalue weighted by Gasteiger charge is 2.65. The molecule has 4 heteroatoms. The predicted molar refractivity (Wildman–Crippen MR) is 116 cm³/mol. The highest BCUT2D eigenvalue weighted by Crippen LogP contribution is 2.54. The molecule has 3 atom stereocenters. The summed E-state index contributed by atoms with van der Waals surface area (Å²) < 4.78 is 6.42. The van der Waals surface area contributed by atoms with E-state index >= 15 is 0 Å². The SMILES string of the molecule is CC(C)CC(C)[C@@H]1C[C@@]1(Oc1ccc(Cl)cc1)C(=O)N1CCC(C(C)C)CC1. The van der Waals surface area contributed by atoms with Crippen LogP contribution in [0.15, 0.2) is 24.3 Å². The van der Waals surface area contributed by atoms with Crippen molar-refractivity contribution < 1.29 is 9.53 Å². The normalized spacial score (nSPS) is 26.6. The molecule has 1 saturated carbocycles. The van der Waals surface area contributed by atoms with E-state index < -0.39 is 5.60 Å². The van der Waals surface area contributed by atoms with Crippen LogP contribution in [0.25, 0.3) is 0 Å². The van der Waals surface area contributed by atoms with E-state index in [2.05, 4.69) is 39.5 Å². The Morgan fingerprint density at radius 3 is 2.29 bits per heavy atom. The molecule has 2 aliphatic rings. The van der Waals surface area contributed by atoms with Crippen molar-refractivity contribution in [3.8, 4) is 5.75 Å². The molecular formula is C24H36ClNO2. The van der Waals surface area contributed by atoms with Crippen molar-refractivity contribution in [1.29, 1.82) is 0 Å². The van der Waals surface area contributed by atoms with Gasteiger partial charge >= 0.3 is 0 Å². The number of nitrogens with zero attached hydrogens (tertiary/aromatic N) is 1. The molecule has 1 aliphatic carbocycles. The van der Waals surface area contributed by atoms with Crippen molar-refractivity contribution in [3.05, 3.63) is 29.3 Å². The summed E-state index contributed by atoms with van der Waals surface area (Å²) in [5.74, 6) is 3.76. The van der Waals surface area contributed by atoms with Gasteiger partial charge in [0.25, 0.3) is 5.91 Å². The van der Waals surface area contributed by atoms with Crippen LogP contribution in [0.2, 0.25) is 5.02 Å². The summed E-state index contributed by atoms with van der Waals surface area (Å²) in [6, 6.07) is 7.42. The lowest BCUT2D eigenvalue weighted by Gasteiger charge is -2.36. The summed E-state index contributed by atoms with van der Waals surface area (Å²) >= 11 is 6.03. The molecule has 1 heterocycles. The number of rotatable bonds is 7. The van der Waals surface area contributed by atoms with E-state index in [1.807, 2.05) is 24.3 Å². The van der Waals surface area contributed by atoms with Gasteiger partial charge in [0.2, 0.25) is 0 Å². The van der Waals surface area contributed by atoms with Crippen LogP contribution in [-0.2, 0) is 4.79 Å². The van der Waals surface area contributed by atoms with Gasteiger partial charge in [-0.05, 0) is 67.2 Å². The molecule has 0 spiro atoms. The van der Waals surface area contributed by atoms with Gasteiger partial charge < -0.3 is 9.64 Å². The molecule has 0 radical (unpaired) electrons. The molecule has 1 unspecified atom stereocenters. The third-order valence-corrected chi connectivity index (χ3v) is 6.99. The Morgan fingerprint density at radius 1 is 1.14 bits per heavy atom. The number of likely N-dealkylation sites (tertiary alicyclic amines) is 1. The van der Waals surface area contributed by atoms with Crippen LogP contribution in [0.3, 0.4) is 0 Å². The highest BCUT2D eigenvalue weighted by atomic mass is 35.5. The maximum Gasteiger partial charge on any atom is 0.267 e. The van der Waals surface area contributed by atoms with E-state index in [0.717, 1.165) is 50.4 Å². The number of benzene rings is 1. The van der Waals surface area contributed by atoms with Crippen LogP contribution in [0.4, 0.5) is 0 Å². The number of carbonyl (C=O) groups is 1. The standard InChI is InChI=1S/C24H36ClNO2/c1-16(2)14-18(5)22-15-24(22,28-21-8-6-20(25)7-9-21)23(27)26-12-10-19(11-13-26)17(3)4/h6-9,16-19,22H,10-15H2,1-5H3/t18?,22-,24-/m0/s1. The van der Waals surface area contributed by atoms with E-state index in [4.69, 9.17) is 16.3 Å². The fourth-order valence-electron chi connectivity index (χ4n) is 4.99. The van der Waals surface area contributed by atoms with Crippen molar-refractivity contribution in [2.75, 3.05) is 13.1 Å². The summed E-state index contributed by atoms with van der Waals surface area (Å²) in [6.45, 7) is 13.1. The molecule has 0 N–H and O–H groups in total. The number of ether oxygens (including phenoxy) is 1. The second-order valence-electron chi connectivity index (χ2n) is 9.74. The zero-order chi connectivity index (χ0) is 20.5. The van der Waals surface area contributed by atoms with Gasteiger partial charge in [0, 0.05) is 30.5 Å². The number of halogens is 1. The quantitative estimate of drug-likeness (QED) is 0.552. The third-order valence-electron chi connectivity index (χ3n) is 6.74. The Bertz CT molecular complexity index is 664. The molecule has 3 rings (SSSR count). The molecule has 0 aromatic heterocycles. The minimum atomic E-state index is -0.688. The van der Waals surface area contributed by atoms with Crippen LogP contribution < -0.4 is 4.74 Å². The summed E-state index contributed by atoms with van der Waals surface area (Å²) in [5, 5.41) is 0.684. The van der Waals surface area contributed by atoms with Crippen molar-refractivity contribution in [2.45, 2.75) is 65.9 Å². The summed E-state index contributed by atoms with van der Waals surface area (Å²) in [4.78, 5) is 15.7. The smallest absolute Gasteiger partial charge is 0.267 e. The zero-order valence-corrected chi connectivity index (χ0v) is 18.8. The lowest BCUT2D eigenvalue weighted by molar-refractivity contribution is -0.143.